The van der Waals surface area contributed by atoms with Gasteiger partial charge >= 0.3 is 0 Å². The third-order valence-corrected chi connectivity index (χ3v) is 2.86. The van der Waals surface area contributed by atoms with Gasteiger partial charge in [-0.25, -0.2) is 9.97 Å². The summed E-state index contributed by atoms with van der Waals surface area (Å²) in [5.41, 5.74) is -0.188. The summed E-state index contributed by atoms with van der Waals surface area (Å²) < 4.78 is 0. The molecule has 0 aliphatic carbocycles. The Morgan fingerprint density at radius 3 is 2.53 bits per heavy atom. The molecule has 0 unspecified atom stereocenters. The second-order valence-electron chi connectivity index (χ2n) is 5.31. The molecule has 1 amide bonds. The summed E-state index contributed by atoms with van der Waals surface area (Å²) in [6, 6.07) is 1.68. The largest absolute Gasteiger partial charge is 0.358 e. The van der Waals surface area contributed by atoms with Gasteiger partial charge in [0.05, 0.1) is 6.54 Å². The molecule has 0 fully saturated rings. The number of rotatable bonds is 4. The van der Waals surface area contributed by atoms with E-state index >= 15 is 0 Å². The lowest BCUT2D eigenvalue weighted by Crippen LogP contribution is -2.36. The van der Waals surface area contributed by atoms with E-state index in [1.807, 2.05) is 32.6 Å². The molecule has 5 nitrogen and oxygen atoms in total. The lowest BCUT2D eigenvalue weighted by atomic mass is 9.96. The van der Waals surface area contributed by atoms with Crippen LogP contribution in [0.4, 0.5) is 5.82 Å². The monoisotopic (exact) mass is 284 g/mol. The van der Waals surface area contributed by atoms with Crippen molar-refractivity contribution in [3.63, 3.8) is 0 Å². The molecule has 6 heteroatoms. The molecular weight excluding hydrogens is 264 g/mol. The summed E-state index contributed by atoms with van der Waals surface area (Å²) >= 11 is 6.05. The summed E-state index contributed by atoms with van der Waals surface area (Å²) in [6.07, 6.45) is 0. The van der Waals surface area contributed by atoms with E-state index in [2.05, 4.69) is 15.3 Å². The van der Waals surface area contributed by atoms with Crippen molar-refractivity contribution in [1.29, 1.82) is 0 Å². The van der Waals surface area contributed by atoms with Gasteiger partial charge in [-0.1, -0.05) is 32.4 Å². The molecule has 1 heterocycles. The van der Waals surface area contributed by atoms with Crippen LogP contribution in [0.25, 0.3) is 0 Å². The molecule has 0 aromatic carbocycles. The Hall–Kier alpha value is -1.36. The molecule has 1 N–H and O–H groups in total. The van der Waals surface area contributed by atoms with Gasteiger partial charge in [0.2, 0.25) is 5.91 Å². The van der Waals surface area contributed by atoms with Crippen molar-refractivity contribution in [3.05, 3.63) is 17.0 Å². The Kier molecular flexibility index (Phi) is 5.11. The second-order valence-corrected chi connectivity index (χ2v) is 5.70. The molecule has 1 rings (SSSR count). The first-order chi connectivity index (χ1) is 8.77. The Morgan fingerprint density at radius 1 is 1.42 bits per heavy atom. The zero-order valence-electron chi connectivity index (χ0n) is 12.1. The van der Waals surface area contributed by atoms with Gasteiger partial charge in [0.1, 0.15) is 16.8 Å². The molecule has 106 valence electrons. The van der Waals surface area contributed by atoms with Gasteiger partial charge in [0, 0.05) is 25.1 Å². The Morgan fingerprint density at radius 2 is 2.05 bits per heavy atom. The van der Waals surface area contributed by atoms with Crippen LogP contribution in [0.2, 0.25) is 5.15 Å². The van der Waals surface area contributed by atoms with E-state index < -0.39 is 0 Å². The molecule has 0 aliphatic rings. The number of nitrogens with zero attached hydrogens (tertiary/aromatic N) is 3. The van der Waals surface area contributed by atoms with Crippen molar-refractivity contribution >= 4 is 23.3 Å². The maximum Gasteiger partial charge on any atom is 0.239 e. The number of halogens is 1. The van der Waals surface area contributed by atoms with E-state index in [9.17, 15) is 4.79 Å². The average Bonchev–Trinajstić information content (AvgIpc) is 2.33. The van der Waals surface area contributed by atoms with Crippen LogP contribution in [0.15, 0.2) is 6.07 Å². The zero-order chi connectivity index (χ0) is 14.6. The van der Waals surface area contributed by atoms with Crippen molar-refractivity contribution in [3.8, 4) is 0 Å². The SMILES string of the molecule is CCN(CC(=O)NC)c1cc(Cl)nc(C(C)(C)C)n1. The molecule has 1 aromatic rings. The number of nitrogens with one attached hydrogen (secondary N) is 1. The van der Waals surface area contributed by atoms with Crippen LogP contribution in [0.5, 0.6) is 0 Å². The van der Waals surface area contributed by atoms with Crippen LogP contribution in [-0.4, -0.2) is 36.0 Å². The van der Waals surface area contributed by atoms with Gasteiger partial charge in [0.25, 0.3) is 0 Å². The number of amides is 1. The fourth-order valence-corrected chi connectivity index (χ4v) is 1.69. The minimum absolute atomic E-state index is 0.0612. The van der Waals surface area contributed by atoms with Gasteiger partial charge in [-0.2, -0.15) is 0 Å². The predicted octanol–water partition coefficient (Wildman–Crippen LogP) is 2.00. The number of hydrogen-bond acceptors (Lipinski definition) is 4. The normalized spacial score (nSPS) is 11.3. The van der Waals surface area contributed by atoms with Crippen LogP contribution in [0.3, 0.4) is 0 Å². The number of anilines is 1. The smallest absolute Gasteiger partial charge is 0.239 e. The Balaban J connectivity index is 3.10. The van der Waals surface area contributed by atoms with Gasteiger partial charge in [-0.15, -0.1) is 0 Å². The highest BCUT2D eigenvalue weighted by atomic mass is 35.5. The number of hydrogen-bond donors (Lipinski definition) is 1. The van der Waals surface area contributed by atoms with Gasteiger partial charge in [-0.05, 0) is 6.92 Å². The average molecular weight is 285 g/mol. The van der Waals surface area contributed by atoms with Crippen molar-refractivity contribution in [2.45, 2.75) is 33.1 Å². The van der Waals surface area contributed by atoms with Crippen molar-refractivity contribution in [1.82, 2.24) is 15.3 Å². The van der Waals surface area contributed by atoms with Gasteiger partial charge < -0.3 is 10.2 Å². The molecule has 0 spiro atoms. The number of likely N-dealkylation sites (N-methyl/N-ethyl adjacent to an activating group) is 2. The highest BCUT2D eigenvalue weighted by Gasteiger charge is 2.20. The summed E-state index contributed by atoms with van der Waals surface area (Å²) in [7, 11) is 1.61. The molecule has 1 aromatic heterocycles. The van der Waals surface area contributed by atoms with E-state index in [1.165, 1.54) is 0 Å². The lowest BCUT2D eigenvalue weighted by Gasteiger charge is -2.24. The van der Waals surface area contributed by atoms with Gasteiger partial charge in [0.15, 0.2) is 0 Å². The fraction of sp³-hybridized carbons (Fsp3) is 0.615. The van der Waals surface area contributed by atoms with Crippen LogP contribution in [0, 0.1) is 0 Å². The zero-order valence-corrected chi connectivity index (χ0v) is 12.9. The van der Waals surface area contributed by atoms with Crippen LogP contribution in [0.1, 0.15) is 33.5 Å². The predicted molar refractivity (Wildman–Crippen MR) is 77.7 cm³/mol. The summed E-state index contributed by atoms with van der Waals surface area (Å²) in [5.74, 6) is 1.29. The van der Waals surface area contributed by atoms with E-state index in [1.54, 1.807) is 13.1 Å². The van der Waals surface area contributed by atoms with Crippen LogP contribution >= 0.6 is 11.6 Å². The lowest BCUT2D eigenvalue weighted by molar-refractivity contribution is -0.119. The van der Waals surface area contributed by atoms with Crippen molar-refractivity contribution < 1.29 is 4.79 Å². The Labute approximate surface area is 119 Å². The second kappa shape index (κ2) is 6.19. The van der Waals surface area contributed by atoms with Crippen LogP contribution < -0.4 is 10.2 Å². The van der Waals surface area contributed by atoms with Crippen LogP contribution in [-0.2, 0) is 10.2 Å². The highest BCUT2D eigenvalue weighted by Crippen LogP contribution is 2.23. The Bertz CT molecular complexity index is 456. The minimum Gasteiger partial charge on any atom is -0.358 e. The van der Waals surface area contributed by atoms with E-state index in [-0.39, 0.29) is 17.9 Å². The molecule has 0 saturated carbocycles. The number of carbonyl (C=O) groups excluding carboxylic acids is 1. The quantitative estimate of drug-likeness (QED) is 0.859. The summed E-state index contributed by atoms with van der Waals surface area (Å²) in [4.78, 5) is 22.1. The summed E-state index contributed by atoms with van der Waals surface area (Å²) in [6.45, 7) is 8.97. The minimum atomic E-state index is -0.188. The maximum atomic E-state index is 11.5. The molecule has 19 heavy (non-hydrogen) atoms. The highest BCUT2D eigenvalue weighted by molar-refractivity contribution is 6.29. The van der Waals surface area contributed by atoms with E-state index in [0.29, 0.717) is 23.3 Å². The first-order valence-electron chi connectivity index (χ1n) is 6.28. The topological polar surface area (TPSA) is 58.1 Å². The standard InChI is InChI=1S/C13H21ClN4O/c1-6-18(8-11(19)15-5)10-7-9(14)16-12(17-10)13(2,3)4/h7H,6,8H2,1-5H3,(H,15,19). The molecule has 0 saturated heterocycles. The fourth-order valence-electron chi connectivity index (χ4n) is 1.51. The first kappa shape index (κ1) is 15.7. The van der Waals surface area contributed by atoms with Gasteiger partial charge in [-0.3, -0.25) is 4.79 Å². The number of carbonyl (C=O) groups is 1. The summed E-state index contributed by atoms with van der Waals surface area (Å²) in [5, 5.41) is 3.00. The molecule has 0 atom stereocenters. The molecule has 0 aliphatic heterocycles. The van der Waals surface area contributed by atoms with Crippen molar-refractivity contribution in [2.75, 3.05) is 25.0 Å². The van der Waals surface area contributed by atoms with E-state index in [0.717, 1.165) is 0 Å². The number of aromatic nitrogens is 2. The third-order valence-electron chi connectivity index (χ3n) is 2.67. The molecule has 0 bridgehead atoms. The molecule has 0 radical (unpaired) electrons. The molecular formula is C13H21ClN4O. The van der Waals surface area contributed by atoms with E-state index in [4.69, 9.17) is 11.6 Å². The third kappa shape index (κ3) is 4.35. The maximum absolute atomic E-state index is 11.5. The first-order valence-corrected chi connectivity index (χ1v) is 6.66. The van der Waals surface area contributed by atoms with Crippen molar-refractivity contribution in [2.24, 2.45) is 0 Å².